The van der Waals surface area contributed by atoms with Crippen molar-refractivity contribution in [3.8, 4) is 0 Å². The number of rotatable bonds is 12. The first-order chi connectivity index (χ1) is 19.7. The second kappa shape index (κ2) is 14.0. The Kier molecular flexibility index (Phi) is 10.5. The average Bonchev–Trinajstić information content (AvgIpc) is 3.49. The summed E-state index contributed by atoms with van der Waals surface area (Å²) in [6.07, 6.45) is 4.94. The zero-order chi connectivity index (χ0) is 29.4. The molecule has 0 heterocycles. The van der Waals surface area contributed by atoms with Crippen molar-refractivity contribution in [2.75, 3.05) is 17.4 Å². The van der Waals surface area contributed by atoms with Crippen molar-refractivity contribution in [2.45, 2.75) is 69.4 Å². The number of carbonyl (C=O) groups excluding carboxylic acids is 2. The first kappa shape index (κ1) is 30.6. The van der Waals surface area contributed by atoms with E-state index >= 15 is 0 Å². The maximum absolute atomic E-state index is 14.1. The summed E-state index contributed by atoms with van der Waals surface area (Å²) >= 11 is 6.40. The molecule has 3 aromatic carbocycles. The molecule has 4 rings (SSSR count). The molecule has 2 amide bonds. The van der Waals surface area contributed by atoms with Crippen LogP contribution in [0.25, 0.3) is 0 Å². The van der Waals surface area contributed by atoms with Crippen LogP contribution in [0.4, 0.5) is 5.69 Å². The molecule has 7 nitrogen and oxygen atoms in total. The van der Waals surface area contributed by atoms with Gasteiger partial charge in [-0.2, -0.15) is 0 Å². The zero-order valence-electron chi connectivity index (χ0n) is 23.6. The van der Waals surface area contributed by atoms with Gasteiger partial charge in [-0.1, -0.05) is 86.0 Å². The number of amides is 2. The van der Waals surface area contributed by atoms with Gasteiger partial charge in [-0.15, -0.1) is 0 Å². The Morgan fingerprint density at radius 2 is 1.61 bits per heavy atom. The number of hydrogen-bond donors (Lipinski definition) is 1. The summed E-state index contributed by atoms with van der Waals surface area (Å²) in [5.41, 5.74) is 2.10. The van der Waals surface area contributed by atoms with E-state index in [2.05, 4.69) is 5.32 Å². The molecule has 0 spiro atoms. The Morgan fingerprint density at radius 1 is 0.976 bits per heavy atom. The Balaban J connectivity index is 1.68. The average molecular weight is 596 g/mol. The van der Waals surface area contributed by atoms with Crippen LogP contribution in [0.15, 0.2) is 83.8 Å². The fourth-order valence-corrected chi connectivity index (χ4v) is 6.85. The number of benzene rings is 3. The minimum Gasteiger partial charge on any atom is -0.352 e. The molecule has 1 aliphatic rings. The highest BCUT2D eigenvalue weighted by molar-refractivity contribution is 7.92. The van der Waals surface area contributed by atoms with Gasteiger partial charge in [0.25, 0.3) is 10.0 Å². The van der Waals surface area contributed by atoms with E-state index in [0.29, 0.717) is 17.9 Å². The van der Waals surface area contributed by atoms with Gasteiger partial charge in [0.2, 0.25) is 11.8 Å². The molecule has 1 aliphatic carbocycles. The molecule has 1 saturated carbocycles. The summed E-state index contributed by atoms with van der Waals surface area (Å²) in [5.74, 6) is -0.651. The lowest BCUT2D eigenvalue weighted by atomic mass is 10.1. The first-order valence-corrected chi connectivity index (χ1v) is 16.0. The lowest BCUT2D eigenvalue weighted by Crippen LogP contribution is -2.54. The molecule has 1 fully saturated rings. The van der Waals surface area contributed by atoms with Gasteiger partial charge in [-0.25, -0.2) is 8.42 Å². The number of nitrogens with zero attached hydrogens (tertiary/aromatic N) is 2. The summed E-state index contributed by atoms with van der Waals surface area (Å²) in [5, 5.41) is 3.53. The highest BCUT2D eigenvalue weighted by atomic mass is 35.5. The second-order valence-corrected chi connectivity index (χ2v) is 12.8. The van der Waals surface area contributed by atoms with Crippen LogP contribution < -0.4 is 9.62 Å². The molecule has 41 heavy (non-hydrogen) atoms. The van der Waals surface area contributed by atoms with Crippen molar-refractivity contribution in [3.05, 3.63) is 95.0 Å². The monoisotopic (exact) mass is 595 g/mol. The van der Waals surface area contributed by atoms with E-state index in [1.165, 1.54) is 12.1 Å². The van der Waals surface area contributed by atoms with Crippen LogP contribution in [0.5, 0.6) is 0 Å². The molecule has 3 aromatic rings. The van der Waals surface area contributed by atoms with Crippen molar-refractivity contribution in [1.29, 1.82) is 0 Å². The minimum absolute atomic E-state index is 0.0614. The molecule has 0 aliphatic heterocycles. The molecule has 218 valence electrons. The van der Waals surface area contributed by atoms with Gasteiger partial charge in [0, 0.05) is 17.6 Å². The third-order valence-electron chi connectivity index (χ3n) is 7.63. The van der Waals surface area contributed by atoms with Gasteiger partial charge in [0.1, 0.15) is 12.6 Å². The van der Waals surface area contributed by atoms with E-state index in [-0.39, 0.29) is 29.1 Å². The zero-order valence-corrected chi connectivity index (χ0v) is 25.2. The van der Waals surface area contributed by atoms with Gasteiger partial charge >= 0.3 is 0 Å². The van der Waals surface area contributed by atoms with Gasteiger partial charge < -0.3 is 10.2 Å². The quantitative estimate of drug-likeness (QED) is 0.289. The molecule has 0 saturated heterocycles. The fraction of sp³-hybridized carbons (Fsp3) is 0.375. The first-order valence-electron chi connectivity index (χ1n) is 14.2. The number of sulfonamides is 1. The highest BCUT2D eigenvalue weighted by Gasteiger charge is 2.34. The number of carbonyl (C=O) groups is 2. The predicted molar refractivity (Wildman–Crippen MR) is 163 cm³/mol. The topological polar surface area (TPSA) is 86.8 Å². The van der Waals surface area contributed by atoms with Crippen molar-refractivity contribution in [1.82, 2.24) is 10.2 Å². The largest absolute Gasteiger partial charge is 0.352 e. The van der Waals surface area contributed by atoms with Crippen LogP contribution >= 0.6 is 11.6 Å². The Labute approximate surface area is 248 Å². The minimum atomic E-state index is -4.12. The van der Waals surface area contributed by atoms with E-state index in [1.807, 2.05) is 44.2 Å². The standard InChI is InChI=1S/C32H38ClN3O4S/c1-3-30(32(38)34-26-14-10-11-15-26)35(21-20-25-12-6-4-7-13-25)31(37)23-36(27-19-18-24(2)29(33)22-27)41(39,40)28-16-8-5-9-17-28/h4-9,12-13,16-19,22,26,30H,3,10-11,14-15,20-21,23H2,1-2H3,(H,34,38)/t30-/m1/s1. The lowest BCUT2D eigenvalue weighted by molar-refractivity contribution is -0.139. The number of anilines is 1. The maximum Gasteiger partial charge on any atom is 0.264 e. The molecular weight excluding hydrogens is 558 g/mol. The van der Waals surface area contributed by atoms with Gasteiger partial charge in [0.15, 0.2) is 0 Å². The maximum atomic E-state index is 14.1. The van der Waals surface area contributed by atoms with E-state index in [0.717, 1.165) is 41.1 Å². The van der Waals surface area contributed by atoms with Gasteiger partial charge in [-0.3, -0.25) is 13.9 Å². The van der Waals surface area contributed by atoms with Crippen LogP contribution in [-0.2, 0) is 26.0 Å². The molecule has 0 unspecified atom stereocenters. The lowest BCUT2D eigenvalue weighted by Gasteiger charge is -2.34. The van der Waals surface area contributed by atoms with Crippen LogP contribution in [0.3, 0.4) is 0 Å². The Morgan fingerprint density at radius 3 is 2.22 bits per heavy atom. The molecule has 1 atom stereocenters. The van der Waals surface area contributed by atoms with Crippen molar-refractivity contribution in [2.24, 2.45) is 0 Å². The van der Waals surface area contributed by atoms with Crippen LogP contribution in [0.1, 0.15) is 50.2 Å². The SMILES string of the molecule is CC[C@H](C(=O)NC1CCCC1)N(CCc1ccccc1)C(=O)CN(c1ccc(C)c(Cl)c1)S(=O)(=O)c1ccccc1. The Hall–Kier alpha value is -3.36. The Bertz CT molecular complexity index is 1430. The van der Waals surface area contributed by atoms with Crippen LogP contribution in [0, 0.1) is 6.92 Å². The molecular formula is C32H38ClN3O4S. The number of halogens is 1. The van der Waals surface area contributed by atoms with Crippen LogP contribution in [-0.4, -0.2) is 50.3 Å². The summed E-state index contributed by atoms with van der Waals surface area (Å²) in [4.78, 5) is 29.2. The number of hydrogen-bond acceptors (Lipinski definition) is 4. The predicted octanol–water partition coefficient (Wildman–Crippen LogP) is 5.75. The third kappa shape index (κ3) is 7.68. The van der Waals surface area contributed by atoms with E-state index in [1.54, 1.807) is 41.3 Å². The van der Waals surface area contributed by atoms with Crippen molar-refractivity contribution in [3.63, 3.8) is 0 Å². The molecule has 0 radical (unpaired) electrons. The normalized spacial score (nSPS) is 14.4. The molecule has 0 aromatic heterocycles. The van der Waals surface area contributed by atoms with E-state index < -0.39 is 28.5 Å². The second-order valence-electron chi connectivity index (χ2n) is 10.5. The number of nitrogens with one attached hydrogen (secondary N) is 1. The van der Waals surface area contributed by atoms with E-state index in [9.17, 15) is 18.0 Å². The van der Waals surface area contributed by atoms with E-state index in [4.69, 9.17) is 11.6 Å². The van der Waals surface area contributed by atoms with Crippen molar-refractivity contribution >= 4 is 39.1 Å². The summed E-state index contributed by atoms with van der Waals surface area (Å²) in [6.45, 7) is 3.50. The summed E-state index contributed by atoms with van der Waals surface area (Å²) in [6, 6.07) is 22.1. The highest BCUT2D eigenvalue weighted by Crippen LogP contribution is 2.28. The number of aryl methyl sites for hydroxylation is 1. The summed E-state index contributed by atoms with van der Waals surface area (Å²) < 4.78 is 28.9. The summed E-state index contributed by atoms with van der Waals surface area (Å²) in [7, 11) is -4.12. The third-order valence-corrected chi connectivity index (χ3v) is 9.82. The van der Waals surface area contributed by atoms with Gasteiger partial charge in [0.05, 0.1) is 10.6 Å². The van der Waals surface area contributed by atoms with Crippen molar-refractivity contribution < 1.29 is 18.0 Å². The smallest absolute Gasteiger partial charge is 0.264 e. The van der Waals surface area contributed by atoms with Gasteiger partial charge in [-0.05, 0) is 68.0 Å². The fourth-order valence-electron chi connectivity index (χ4n) is 5.25. The molecule has 0 bridgehead atoms. The van der Waals surface area contributed by atoms with Crippen LogP contribution in [0.2, 0.25) is 5.02 Å². The molecule has 9 heteroatoms. The molecule has 1 N–H and O–H groups in total.